The van der Waals surface area contributed by atoms with E-state index in [0.717, 1.165) is 30.8 Å². The van der Waals surface area contributed by atoms with Gasteiger partial charge in [-0.2, -0.15) is 5.10 Å². The van der Waals surface area contributed by atoms with Crippen LogP contribution in [0.5, 0.6) is 0 Å². The lowest BCUT2D eigenvalue weighted by Crippen LogP contribution is -2.30. The Labute approximate surface area is 112 Å². The highest BCUT2D eigenvalue weighted by Crippen LogP contribution is 2.27. The molecule has 0 bridgehead atoms. The number of aromatic nitrogens is 2. The normalized spacial score (nSPS) is 20.4. The maximum absolute atomic E-state index is 6.15. The largest absolute Gasteiger partial charge is 0.316 e. The molecular formula is C14H18ClN3. The van der Waals surface area contributed by atoms with Crippen LogP contribution in [0.1, 0.15) is 18.4 Å². The molecule has 2 heterocycles. The zero-order valence-corrected chi connectivity index (χ0v) is 11.4. The van der Waals surface area contributed by atoms with E-state index in [1.807, 2.05) is 17.8 Å². The molecule has 1 N–H and O–H groups in total. The summed E-state index contributed by atoms with van der Waals surface area (Å²) in [6, 6.07) is 6.34. The molecule has 1 aliphatic rings. The van der Waals surface area contributed by atoms with Crippen LogP contribution < -0.4 is 5.32 Å². The van der Waals surface area contributed by atoms with E-state index in [9.17, 15) is 0 Å². The van der Waals surface area contributed by atoms with Gasteiger partial charge in [-0.05, 0) is 49.9 Å². The monoisotopic (exact) mass is 263 g/mol. The first-order valence-electron chi connectivity index (χ1n) is 6.56. The Bertz CT molecular complexity index is 555. The molecule has 4 heteroatoms. The number of halogens is 1. The van der Waals surface area contributed by atoms with E-state index < -0.39 is 0 Å². The van der Waals surface area contributed by atoms with Gasteiger partial charge in [-0.15, -0.1) is 0 Å². The van der Waals surface area contributed by atoms with E-state index in [0.29, 0.717) is 5.15 Å². The molecule has 1 aliphatic heterocycles. The highest BCUT2D eigenvalue weighted by molar-refractivity contribution is 6.34. The minimum atomic E-state index is 0.608. The first kappa shape index (κ1) is 12.0. The van der Waals surface area contributed by atoms with Crippen LogP contribution in [-0.2, 0) is 13.5 Å². The molecule has 1 saturated heterocycles. The van der Waals surface area contributed by atoms with E-state index in [1.165, 1.54) is 23.9 Å². The summed E-state index contributed by atoms with van der Waals surface area (Å²) >= 11 is 6.15. The van der Waals surface area contributed by atoms with Gasteiger partial charge in [0.05, 0.1) is 5.52 Å². The van der Waals surface area contributed by atoms with E-state index in [4.69, 9.17) is 11.6 Å². The molecule has 1 aromatic carbocycles. The summed E-state index contributed by atoms with van der Waals surface area (Å²) in [5.74, 6) is 0.734. The summed E-state index contributed by atoms with van der Waals surface area (Å²) in [6.45, 7) is 2.29. The fourth-order valence-electron chi connectivity index (χ4n) is 2.95. The number of piperidine rings is 1. The van der Waals surface area contributed by atoms with Crippen molar-refractivity contribution in [1.82, 2.24) is 15.1 Å². The van der Waals surface area contributed by atoms with Crippen LogP contribution in [0.15, 0.2) is 18.2 Å². The number of nitrogens with one attached hydrogen (secondary N) is 1. The Morgan fingerprint density at radius 2 is 2.39 bits per heavy atom. The fraction of sp³-hybridized carbons (Fsp3) is 0.500. The number of hydrogen-bond acceptors (Lipinski definition) is 2. The summed E-state index contributed by atoms with van der Waals surface area (Å²) in [7, 11) is 1.97. The maximum Gasteiger partial charge on any atom is 0.158 e. The molecule has 0 radical (unpaired) electrons. The summed E-state index contributed by atoms with van der Waals surface area (Å²) in [5.41, 5.74) is 2.55. The third-order valence-electron chi connectivity index (χ3n) is 3.81. The van der Waals surface area contributed by atoms with E-state index in [-0.39, 0.29) is 0 Å². The fourth-order valence-corrected chi connectivity index (χ4v) is 3.22. The molecule has 3 rings (SSSR count). The second-order valence-corrected chi connectivity index (χ2v) is 5.50. The van der Waals surface area contributed by atoms with Crippen molar-refractivity contribution in [2.24, 2.45) is 13.0 Å². The lowest BCUT2D eigenvalue weighted by Gasteiger charge is -2.23. The molecule has 96 valence electrons. The van der Waals surface area contributed by atoms with Gasteiger partial charge in [0.25, 0.3) is 0 Å². The van der Waals surface area contributed by atoms with Gasteiger partial charge in [-0.25, -0.2) is 0 Å². The van der Waals surface area contributed by atoms with Crippen molar-refractivity contribution in [3.05, 3.63) is 28.9 Å². The third kappa shape index (κ3) is 2.13. The minimum absolute atomic E-state index is 0.608. The SMILES string of the molecule is Cn1nc(Cl)c2cccc(CC3CCCNC3)c21. The van der Waals surface area contributed by atoms with Gasteiger partial charge in [0.2, 0.25) is 0 Å². The van der Waals surface area contributed by atoms with E-state index in [1.54, 1.807) is 0 Å². The molecule has 2 aromatic rings. The lowest BCUT2D eigenvalue weighted by molar-refractivity contribution is 0.376. The molecular weight excluding hydrogens is 246 g/mol. The van der Waals surface area contributed by atoms with Crippen LogP contribution in [0.4, 0.5) is 0 Å². The van der Waals surface area contributed by atoms with Crippen molar-refractivity contribution in [3.8, 4) is 0 Å². The average Bonchev–Trinajstić information content (AvgIpc) is 2.67. The summed E-state index contributed by atoms with van der Waals surface area (Å²) in [6.07, 6.45) is 3.71. The number of rotatable bonds is 2. The summed E-state index contributed by atoms with van der Waals surface area (Å²) in [5, 5.41) is 9.46. The number of benzene rings is 1. The molecule has 1 atom stereocenters. The highest BCUT2D eigenvalue weighted by atomic mass is 35.5. The molecule has 0 amide bonds. The van der Waals surface area contributed by atoms with Gasteiger partial charge in [0, 0.05) is 12.4 Å². The van der Waals surface area contributed by atoms with E-state index >= 15 is 0 Å². The average molecular weight is 264 g/mol. The van der Waals surface area contributed by atoms with Gasteiger partial charge in [-0.3, -0.25) is 4.68 Å². The Balaban J connectivity index is 1.95. The van der Waals surface area contributed by atoms with Crippen LogP contribution >= 0.6 is 11.6 Å². The molecule has 1 fully saturated rings. The van der Waals surface area contributed by atoms with Crippen LogP contribution in [0, 0.1) is 5.92 Å². The van der Waals surface area contributed by atoms with Crippen LogP contribution in [0.3, 0.4) is 0 Å². The number of fused-ring (bicyclic) bond motifs is 1. The first-order valence-corrected chi connectivity index (χ1v) is 6.94. The van der Waals surface area contributed by atoms with Gasteiger partial charge in [-0.1, -0.05) is 23.7 Å². The Morgan fingerprint density at radius 3 is 3.17 bits per heavy atom. The highest BCUT2D eigenvalue weighted by Gasteiger charge is 2.17. The van der Waals surface area contributed by atoms with Crippen molar-refractivity contribution in [2.45, 2.75) is 19.3 Å². The second kappa shape index (κ2) is 4.90. The van der Waals surface area contributed by atoms with Crippen molar-refractivity contribution in [3.63, 3.8) is 0 Å². The Kier molecular flexibility index (Phi) is 3.27. The van der Waals surface area contributed by atoms with Crippen LogP contribution in [0.2, 0.25) is 5.15 Å². The number of nitrogens with zero attached hydrogens (tertiary/aromatic N) is 2. The van der Waals surface area contributed by atoms with Crippen molar-refractivity contribution < 1.29 is 0 Å². The van der Waals surface area contributed by atoms with Crippen molar-refractivity contribution >= 4 is 22.5 Å². The molecule has 0 spiro atoms. The molecule has 3 nitrogen and oxygen atoms in total. The zero-order chi connectivity index (χ0) is 12.5. The van der Waals surface area contributed by atoms with E-state index in [2.05, 4.69) is 22.5 Å². The van der Waals surface area contributed by atoms with Gasteiger partial charge in [0.15, 0.2) is 5.15 Å². The molecule has 18 heavy (non-hydrogen) atoms. The second-order valence-electron chi connectivity index (χ2n) is 5.14. The number of hydrogen-bond donors (Lipinski definition) is 1. The topological polar surface area (TPSA) is 29.9 Å². The van der Waals surface area contributed by atoms with Crippen molar-refractivity contribution in [1.29, 1.82) is 0 Å². The molecule has 0 saturated carbocycles. The third-order valence-corrected chi connectivity index (χ3v) is 4.09. The predicted molar refractivity (Wildman–Crippen MR) is 75.0 cm³/mol. The molecule has 1 unspecified atom stereocenters. The van der Waals surface area contributed by atoms with Crippen molar-refractivity contribution in [2.75, 3.05) is 13.1 Å². The van der Waals surface area contributed by atoms with Gasteiger partial charge < -0.3 is 5.32 Å². The van der Waals surface area contributed by atoms with Crippen LogP contribution in [-0.4, -0.2) is 22.9 Å². The minimum Gasteiger partial charge on any atom is -0.316 e. The number of para-hydroxylation sites is 1. The molecule has 0 aliphatic carbocycles. The lowest BCUT2D eigenvalue weighted by atomic mass is 9.91. The standard InChI is InChI=1S/C14H18ClN3/c1-18-13-11(8-10-4-3-7-16-9-10)5-2-6-12(13)14(15)17-18/h2,5-6,10,16H,3-4,7-9H2,1H3. The quantitative estimate of drug-likeness (QED) is 0.903. The van der Waals surface area contributed by atoms with Gasteiger partial charge in [0.1, 0.15) is 0 Å². The predicted octanol–water partition coefficient (Wildman–Crippen LogP) is 2.77. The Hall–Kier alpha value is -1.06. The van der Waals surface area contributed by atoms with Gasteiger partial charge >= 0.3 is 0 Å². The number of aryl methyl sites for hydroxylation is 1. The maximum atomic E-state index is 6.15. The Morgan fingerprint density at radius 1 is 1.50 bits per heavy atom. The first-order chi connectivity index (χ1) is 8.75. The molecule has 1 aromatic heterocycles. The summed E-state index contributed by atoms with van der Waals surface area (Å²) < 4.78 is 1.91. The van der Waals surface area contributed by atoms with Crippen LogP contribution in [0.25, 0.3) is 10.9 Å². The summed E-state index contributed by atoms with van der Waals surface area (Å²) in [4.78, 5) is 0. The zero-order valence-electron chi connectivity index (χ0n) is 10.6. The smallest absolute Gasteiger partial charge is 0.158 e.